The maximum Gasteiger partial charge on any atom is 0.246 e. The molecule has 0 saturated heterocycles. The van der Waals surface area contributed by atoms with Crippen molar-refractivity contribution in [1.29, 1.82) is 0 Å². The van der Waals surface area contributed by atoms with Crippen LogP contribution in [0, 0.1) is 0 Å². The Morgan fingerprint density at radius 1 is 0.727 bits per heavy atom. The van der Waals surface area contributed by atoms with Crippen molar-refractivity contribution in [2.45, 2.75) is 50.7 Å². The van der Waals surface area contributed by atoms with Gasteiger partial charge >= 0.3 is 0 Å². The first-order chi connectivity index (χ1) is 20.8. The first kappa shape index (κ1) is 34.5. The highest BCUT2D eigenvalue weighted by Gasteiger charge is 2.36. The SMILES string of the molecule is CN(C)CCN(C)C(=O)[C@@H](Cc1ccccc1)N(C)C(=O)[C@@H](Cc1ccc2ccccc2c1)N(C)C(=O)/C=C/CC(C)(C)N. The fourth-order valence-corrected chi connectivity index (χ4v) is 5.04. The molecule has 0 aliphatic carbocycles. The third kappa shape index (κ3) is 10.0. The van der Waals surface area contributed by atoms with Crippen molar-refractivity contribution in [2.24, 2.45) is 5.73 Å². The molecule has 8 heteroatoms. The Hall–Kier alpha value is -4.01. The van der Waals surface area contributed by atoms with E-state index < -0.39 is 17.6 Å². The van der Waals surface area contributed by atoms with E-state index in [9.17, 15) is 14.4 Å². The summed E-state index contributed by atoms with van der Waals surface area (Å²) in [6, 6.07) is 22.3. The van der Waals surface area contributed by atoms with Crippen LogP contribution < -0.4 is 5.73 Å². The fraction of sp³-hybridized carbons (Fsp3) is 0.417. The number of rotatable bonds is 14. The van der Waals surface area contributed by atoms with Crippen molar-refractivity contribution in [2.75, 3.05) is 48.3 Å². The maximum absolute atomic E-state index is 14.4. The summed E-state index contributed by atoms with van der Waals surface area (Å²) < 4.78 is 0. The van der Waals surface area contributed by atoms with E-state index in [-0.39, 0.29) is 17.7 Å². The van der Waals surface area contributed by atoms with E-state index in [1.54, 1.807) is 32.1 Å². The van der Waals surface area contributed by atoms with Crippen molar-refractivity contribution in [3.63, 3.8) is 0 Å². The van der Waals surface area contributed by atoms with Crippen LogP contribution in [0.1, 0.15) is 31.4 Å². The molecule has 0 bridgehead atoms. The summed E-state index contributed by atoms with van der Waals surface area (Å²) in [4.78, 5) is 48.4. The van der Waals surface area contributed by atoms with Crippen LogP contribution in [-0.2, 0) is 27.2 Å². The van der Waals surface area contributed by atoms with E-state index in [1.165, 1.54) is 15.9 Å². The predicted octanol–water partition coefficient (Wildman–Crippen LogP) is 3.98. The fourth-order valence-electron chi connectivity index (χ4n) is 5.04. The molecule has 3 aromatic rings. The highest BCUT2D eigenvalue weighted by atomic mass is 16.2. The molecule has 0 fully saturated rings. The summed E-state index contributed by atoms with van der Waals surface area (Å²) in [6.45, 7) is 5.02. The highest BCUT2D eigenvalue weighted by molar-refractivity contribution is 5.95. The quantitative estimate of drug-likeness (QED) is 0.283. The van der Waals surface area contributed by atoms with E-state index in [1.807, 2.05) is 99.6 Å². The third-order valence-corrected chi connectivity index (χ3v) is 7.88. The van der Waals surface area contributed by atoms with Crippen LogP contribution in [0.5, 0.6) is 0 Å². The average Bonchev–Trinajstić information content (AvgIpc) is 2.99. The molecule has 2 N–H and O–H groups in total. The van der Waals surface area contributed by atoms with Crippen molar-refractivity contribution in [3.05, 3.63) is 96.1 Å². The van der Waals surface area contributed by atoms with E-state index in [0.29, 0.717) is 32.4 Å². The molecule has 236 valence electrons. The Balaban J connectivity index is 1.97. The first-order valence-electron chi connectivity index (χ1n) is 15.2. The summed E-state index contributed by atoms with van der Waals surface area (Å²) >= 11 is 0. The Bertz CT molecular complexity index is 1430. The van der Waals surface area contributed by atoms with Gasteiger partial charge in [-0.15, -0.1) is 0 Å². The molecular formula is C36H49N5O3. The largest absolute Gasteiger partial charge is 0.343 e. The van der Waals surface area contributed by atoms with Crippen LogP contribution in [0.15, 0.2) is 84.9 Å². The molecule has 0 spiro atoms. The molecule has 8 nitrogen and oxygen atoms in total. The molecule has 0 unspecified atom stereocenters. The van der Waals surface area contributed by atoms with Gasteiger partial charge in [0, 0.05) is 52.6 Å². The van der Waals surface area contributed by atoms with Crippen molar-refractivity contribution >= 4 is 28.5 Å². The van der Waals surface area contributed by atoms with Crippen LogP contribution >= 0.6 is 0 Å². The summed E-state index contributed by atoms with van der Waals surface area (Å²) in [7, 11) is 9.01. The minimum Gasteiger partial charge on any atom is -0.343 e. The van der Waals surface area contributed by atoms with Gasteiger partial charge in [-0.25, -0.2) is 0 Å². The molecule has 0 saturated carbocycles. The topological polar surface area (TPSA) is 90.2 Å². The van der Waals surface area contributed by atoms with Crippen LogP contribution in [0.4, 0.5) is 0 Å². The maximum atomic E-state index is 14.4. The summed E-state index contributed by atoms with van der Waals surface area (Å²) in [5.41, 5.74) is 7.53. The molecule has 0 heterocycles. The van der Waals surface area contributed by atoms with Gasteiger partial charge in [-0.1, -0.05) is 78.9 Å². The van der Waals surface area contributed by atoms with Crippen molar-refractivity contribution in [3.8, 4) is 0 Å². The van der Waals surface area contributed by atoms with Crippen LogP contribution in [-0.4, -0.2) is 103 Å². The summed E-state index contributed by atoms with van der Waals surface area (Å²) in [5, 5.41) is 2.16. The molecule has 44 heavy (non-hydrogen) atoms. The van der Waals surface area contributed by atoms with Gasteiger partial charge in [0.1, 0.15) is 12.1 Å². The van der Waals surface area contributed by atoms with Gasteiger partial charge in [0.25, 0.3) is 0 Å². The zero-order valence-electron chi connectivity index (χ0n) is 27.4. The van der Waals surface area contributed by atoms with Crippen LogP contribution in [0.3, 0.4) is 0 Å². The van der Waals surface area contributed by atoms with Gasteiger partial charge in [0.2, 0.25) is 17.7 Å². The number of hydrogen-bond acceptors (Lipinski definition) is 5. The molecular weight excluding hydrogens is 550 g/mol. The second-order valence-electron chi connectivity index (χ2n) is 12.7. The zero-order chi connectivity index (χ0) is 32.4. The number of carbonyl (C=O) groups excluding carboxylic acids is 3. The van der Waals surface area contributed by atoms with Gasteiger partial charge in [-0.05, 0) is 62.3 Å². The van der Waals surface area contributed by atoms with Gasteiger partial charge < -0.3 is 25.3 Å². The second-order valence-corrected chi connectivity index (χ2v) is 12.7. The van der Waals surface area contributed by atoms with E-state index >= 15 is 0 Å². The Labute approximate surface area is 263 Å². The lowest BCUT2D eigenvalue weighted by Crippen LogP contribution is -2.56. The number of carbonyl (C=O) groups is 3. The lowest BCUT2D eigenvalue weighted by molar-refractivity contribution is -0.148. The number of nitrogens with two attached hydrogens (primary N) is 1. The molecule has 3 amide bonds. The number of fused-ring (bicyclic) bond motifs is 1. The molecule has 0 aliphatic rings. The minimum absolute atomic E-state index is 0.143. The smallest absolute Gasteiger partial charge is 0.246 e. The van der Waals surface area contributed by atoms with E-state index in [0.717, 1.165) is 21.9 Å². The monoisotopic (exact) mass is 599 g/mol. The predicted molar refractivity (Wildman–Crippen MR) is 179 cm³/mol. The number of hydrogen-bond donors (Lipinski definition) is 1. The third-order valence-electron chi connectivity index (χ3n) is 7.88. The number of benzene rings is 3. The standard InChI is InChI=1S/C36H49N5O3/c1-36(2,37)21-13-18-33(42)40(6)32(26-28-19-20-29-16-11-12-17-30(29)24-28)35(44)41(7)31(25-27-14-9-8-10-15-27)34(43)39(5)23-22-38(3)4/h8-20,24,31-32H,21-23,25-26,37H2,1-7H3/b18-13+/t31-,32-/m1/s1. The van der Waals surface area contributed by atoms with Gasteiger partial charge in [-0.2, -0.15) is 0 Å². The second kappa shape index (κ2) is 15.6. The zero-order valence-corrected chi connectivity index (χ0v) is 27.4. The van der Waals surface area contributed by atoms with Gasteiger partial charge in [-0.3, -0.25) is 14.4 Å². The molecule has 3 rings (SSSR count). The lowest BCUT2D eigenvalue weighted by atomic mass is 9.98. The number of amides is 3. The summed E-state index contributed by atoms with van der Waals surface area (Å²) in [5.74, 6) is -0.734. The minimum atomic E-state index is -0.831. The van der Waals surface area contributed by atoms with E-state index in [2.05, 4.69) is 6.07 Å². The molecule has 0 radical (unpaired) electrons. The van der Waals surface area contributed by atoms with Crippen LogP contribution in [0.25, 0.3) is 10.8 Å². The Morgan fingerprint density at radius 2 is 1.32 bits per heavy atom. The highest BCUT2D eigenvalue weighted by Crippen LogP contribution is 2.20. The average molecular weight is 600 g/mol. The number of likely N-dealkylation sites (N-methyl/N-ethyl adjacent to an activating group) is 4. The number of nitrogens with zero attached hydrogens (tertiary/aromatic N) is 4. The normalized spacial score (nSPS) is 13.2. The molecule has 0 aliphatic heterocycles. The first-order valence-corrected chi connectivity index (χ1v) is 15.2. The Morgan fingerprint density at radius 3 is 1.95 bits per heavy atom. The molecule has 0 aromatic heterocycles. The summed E-state index contributed by atoms with van der Waals surface area (Å²) in [6.07, 6.45) is 4.41. The van der Waals surface area contributed by atoms with Gasteiger partial charge in [0.05, 0.1) is 0 Å². The molecule has 2 atom stereocenters. The molecule has 3 aromatic carbocycles. The van der Waals surface area contributed by atoms with Crippen molar-refractivity contribution < 1.29 is 14.4 Å². The van der Waals surface area contributed by atoms with Gasteiger partial charge in [0.15, 0.2) is 0 Å². The van der Waals surface area contributed by atoms with Crippen molar-refractivity contribution in [1.82, 2.24) is 19.6 Å². The Kier molecular flexibility index (Phi) is 12.3. The van der Waals surface area contributed by atoms with Crippen LogP contribution in [0.2, 0.25) is 0 Å². The van der Waals surface area contributed by atoms with E-state index in [4.69, 9.17) is 5.73 Å². The lowest BCUT2D eigenvalue weighted by Gasteiger charge is -2.36.